The predicted molar refractivity (Wildman–Crippen MR) is 89.9 cm³/mol. The smallest absolute Gasteiger partial charge is 0.0399 e. The highest BCUT2D eigenvalue weighted by atomic mass is 15.3. The fourth-order valence-corrected chi connectivity index (χ4v) is 3.68. The molecule has 1 aromatic rings. The van der Waals surface area contributed by atoms with Gasteiger partial charge >= 0.3 is 0 Å². The molecule has 0 bridgehead atoms. The van der Waals surface area contributed by atoms with Crippen LogP contribution in [-0.2, 0) is 0 Å². The zero-order valence-corrected chi connectivity index (χ0v) is 13.5. The molecule has 1 aromatic carbocycles. The van der Waals surface area contributed by atoms with Crippen molar-refractivity contribution in [2.24, 2.45) is 11.7 Å². The van der Waals surface area contributed by atoms with Crippen LogP contribution in [0.15, 0.2) is 18.2 Å². The number of hydrogen-bond acceptors (Lipinski definition) is 3. The van der Waals surface area contributed by atoms with Crippen LogP contribution >= 0.6 is 0 Å². The Labute approximate surface area is 129 Å². The molecular weight excluding hydrogens is 258 g/mol. The summed E-state index contributed by atoms with van der Waals surface area (Å²) in [7, 11) is 0. The number of rotatable bonds is 4. The number of benzene rings is 1. The quantitative estimate of drug-likeness (QED) is 0.924. The molecule has 1 saturated heterocycles. The maximum Gasteiger partial charge on any atom is 0.0399 e. The Hall–Kier alpha value is -1.06. The molecule has 3 nitrogen and oxygen atoms in total. The number of nitrogens with zero attached hydrogens (tertiary/aromatic N) is 2. The number of anilines is 1. The van der Waals surface area contributed by atoms with Crippen LogP contribution in [0.25, 0.3) is 0 Å². The van der Waals surface area contributed by atoms with E-state index in [1.807, 2.05) is 0 Å². The van der Waals surface area contributed by atoms with Crippen LogP contribution in [0.3, 0.4) is 0 Å². The molecule has 2 N–H and O–H groups in total. The lowest BCUT2D eigenvalue weighted by Gasteiger charge is -2.39. The molecule has 0 radical (unpaired) electrons. The molecule has 0 aromatic heterocycles. The van der Waals surface area contributed by atoms with E-state index < -0.39 is 0 Å². The molecule has 2 aliphatic rings. The molecular formula is C18H29N3. The Morgan fingerprint density at radius 2 is 1.81 bits per heavy atom. The fourth-order valence-electron chi connectivity index (χ4n) is 3.68. The topological polar surface area (TPSA) is 32.5 Å². The minimum absolute atomic E-state index is 0.496. The van der Waals surface area contributed by atoms with Crippen LogP contribution in [0.4, 0.5) is 5.69 Å². The summed E-state index contributed by atoms with van der Waals surface area (Å²) in [4.78, 5) is 5.18. The summed E-state index contributed by atoms with van der Waals surface area (Å²) >= 11 is 0. The van der Waals surface area contributed by atoms with Gasteiger partial charge in [0.25, 0.3) is 0 Å². The van der Waals surface area contributed by atoms with E-state index in [1.54, 1.807) is 0 Å². The highest BCUT2D eigenvalue weighted by Gasteiger charge is 2.26. The SMILES string of the molecule is Cc1cccc(N2CCN(CC[C@H]3C[C@@H](N)C3)CC2)c1C. The maximum atomic E-state index is 5.87. The van der Waals surface area contributed by atoms with Gasteiger partial charge in [-0.1, -0.05) is 12.1 Å². The zero-order valence-electron chi connectivity index (χ0n) is 13.5. The normalized spacial score (nSPS) is 26.7. The second-order valence-corrected chi connectivity index (χ2v) is 6.93. The Balaban J connectivity index is 1.47. The van der Waals surface area contributed by atoms with E-state index >= 15 is 0 Å². The molecule has 0 spiro atoms. The van der Waals surface area contributed by atoms with Gasteiger partial charge in [0.15, 0.2) is 0 Å². The third-order valence-electron chi connectivity index (χ3n) is 5.41. The van der Waals surface area contributed by atoms with Crippen LogP contribution in [0.1, 0.15) is 30.4 Å². The average molecular weight is 287 g/mol. The Morgan fingerprint density at radius 3 is 2.48 bits per heavy atom. The van der Waals surface area contributed by atoms with Crippen LogP contribution in [-0.4, -0.2) is 43.7 Å². The summed E-state index contributed by atoms with van der Waals surface area (Å²) in [5.74, 6) is 0.900. The molecule has 3 heteroatoms. The lowest BCUT2D eigenvalue weighted by Crippen LogP contribution is -2.47. The first-order valence-electron chi connectivity index (χ1n) is 8.42. The number of nitrogens with two attached hydrogens (primary N) is 1. The van der Waals surface area contributed by atoms with E-state index in [0.717, 1.165) is 19.0 Å². The second kappa shape index (κ2) is 6.37. The van der Waals surface area contributed by atoms with Crippen LogP contribution in [0.2, 0.25) is 0 Å². The first-order chi connectivity index (χ1) is 10.1. The van der Waals surface area contributed by atoms with E-state index in [4.69, 9.17) is 5.73 Å². The molecule has 2 fully saturated rings. The zero-order chi connectivity index (χ0) is 14.8. The summed E-state index contributed by atoms with van der Waals surface area (Å²) in [6, 6.07) is 7.16. The Kier molecular flexibility index (Phi) is 4.51. The molecule has 1 aliphatic carbocycles. The lowest BCUT2D eigenvalue weighted by molar-refractivity contribution is 0.189. The minimum atomic E-state index is 0.496. The molecule has 1 saturated carbocycles. The van der Waals surface area contributed by atoms with Gasteiger partial charge in [0.2, 0.25) is 0 Å². The van der Waals surface area contributed by atoms with Gasteiger partial charge in [-0.05, 0) is 62.8 Å². The highest BCUT2D eigenvalue weighted by Crippen LogP contribution is 2.29. The predicted octanol–water partition coefficient (Wildman–Crippen LogP) is 2.55. The molecule has 1 aliphatic heterocycles. The molecule has 0 amide bonds. The van der Waals surface area contributed by atoms with Gasteiger partial charge in [0.1, 0.15) is 0 Å². The molecule has 0 atom stereocenters. The second-order valence-electron chi connectivity index (χ2n) is 6.93. The van der Waals surface area contributed by atoms with E-state index in [0.29, 0.717) is 6.04 Å². The van der Waals surface area contributed by atoms with E-state index in [1.165, 1.54) is 55.7 Å². The van der Waals surface area contributed by atoms with Crippen molar-refractivity contribution in [1.82, 2.24) is 4.90 Å². The van der Waals surface area contributed by atoms with Crippen molar-refractivity contribution in [3.05, 3.63) is 29.3 Å². The van der Waals surface area contributed by atoms with Crippen LogP contribution in [0.5, 0.6) is 0 Å². The van der Waals surface area contributed by atoms with Gasteiger partial charge in [-0.15, -0.1) is 0 Å². The molecule has 1 heterocycles. The van der Waals surface area contributed by atoms with E-state index in [-0.39, 0.29) is 0 Å². The van der Waals surface area contributed by atoms with Crippen molar-refractivity contribution < 1.29 is 0 Å². The largest absolute Gasteiger partial charge is 0.369 e. The summed E-state index contributed by atoms with van der Waals surface area (Å²) in [6.07, 6.45) is 3.85. The van der Waals surface area contributed by atoms with Crippen molar-refractivity contribution in [1.29, 1.82) is 0 Å². The first kappa shape index (κ1) is 14.9. The monoisotopic (exact) mass is 287 g/mol. The Morgan fingerprint density at radius 1 is 1.10 bits per heavy atom. The van der Waals surface area contributed by atoms with Crippen molar-refractivity contribution in [3.63, 3.8) is 0 Å². The maximum absolute atomic E-state index is 5.87. The third kappa shape index (κ3) is 3.41. The molecule has 21 heavy (non-hydrogen) atoms. The van der Waals surface area contributed by atoms with E-state index in [9.17, 15) is 0 Å². The fraction of sp³-hybridized carbons (Fsp3) is 0.667. The van der Waals surface area contributed by atoms with Gasteiger partial charge in [-0.3, -0.25) is 4.90 Å². The van der Waals surface area contributed by atoms with Crippen LogP contribution in [0, 0.1) is 19.8 Å². The van der Waals surface area contributed by atoms with Gasteiger partial charge in [-0.25, -0.2) is 0 Å². The first-order valence-corrected chi connectivity index (χ1v) is 8.42. The summed E-state index contributed by atoms with van der Waals surface area (Å²) in [6.45, 7) is 10.4. The van der Waals surface area contributed by atoms with Gasteiger partial charge in [0.05, 0.1) is 0 Å². The summed E-state index contributed by atoms with van der Waals surface area (Å²) < 4.78 is 0. The molecule has 0 unspecified atom stereocenters. The van der Waals surface area contributed by atoms with Gasteiger partial charge in [-0.2, -0.15) is 0 Å². The van der Waals surface area contributed by atoms with Gasteiger partial charge < -0.3 is 10.6 Å². The highest BCUT2D eigenvalue weighted by molar-refractivity contribution is 5.56. The molecule has 3 rings (SSSR count). The third-order valence-corrected chi connectivity index (χ3v) is 5.41. The van der Waals surface area contributed by atoms with Crippen molar-refractivity contribution in [3.8, 4) is 0 Å². The van der Waals surface area contributed by atoms with Crippen molar-refractivity contribution in [2.75, 3.05) is 37.6 Å². The standard InChI is InChI=1S/C18H29N3/c1-14-4-3-5-18(15(14)2)21-10-8-20(9-11-21)7-6-16-12-17(19)13-16/h3-5,16-17H,6-13,19H2,1-2H3/t16-,17+. The van der Waals surface area contributed by atoms with E-state index in [2.05, 4.69) is 41.8 Å². The lowest BCUT2D eigenvalue weighted by atomic mass is 9.79. The summed E-state index contributed by atoms with van der Waals surface area (Å²) in [5, 5.41) is 0. The van der Waals surface area contributed by atoms with Crippen LogP contribution < -0.4 is 10.6 Å². The van der Waals surface area contributed by atoms with Crippen molar-refractivity contribution in [2.45, 2.75) is 39.2 Å². The van der Waals surface area contributed by atoms with Crippen molar-refractivity contribution >= 4 is 5.69 Å². The summed E-state index contributed by atoms with van der Waals surface area (Å²) in [5.41, 5.74) is 10.1. The molecule has 116 valence electrons. The van der Waals surface area contributed by atoms with Gasteiger partial charge in [0, 0.05) is 37.9 Å². The number of hydrogen-bond donors (Lipinski definition) is 1. The number of piperazine rings is 1. The average Bonchev–Trinajstić information content (AvgIpc) is 2.46. The minimum Gasteiger partial charge on any atom is -0.369 e. The number of aryl methyl sites for hydroxylation is 1. The Bertz CT molecular complexity index is 471.